The van der Waals surface area contributed by atoms with Crippen LogP contribution in [0.25, 0.3) is 0 Å². The lowest BCUT2D eigenvalue weighted by atomic mass is 10.0. The third kappa shape index (κ3) is 9.85. The largest absolute Gasteiger partial charge is 0.497 e. The Kier molecular flexibility index (Phi) is 11.9. The van der Waals surface area contributed by atoms with Gasteiger partial charge in [0.15, 0.2) is 20.2 Å². The Balaban J connectivity index is 2.06. The molecule has 0 aliphatic rings. The molecule has 2 rings (SSSR count). The van der Waals surface area contributed by atoms with Gasteiger partial charge in [-0.1, -0.05) is 83.2 Å². The summed E-state index contributed by atoms with van der Waals surface area (Å²) in [5, 5.41) is 0.0781. The molecule has 6 nitrogen and oxygen atoms in total. The minimum atomic E-state index is -1.94. The van der Waals surface area contributed by atoms with Crippen molar-refractivity contribution in [1.82, 2.24) is 0 Å². The van der Waals surface area contributed by atoms with Gasteiger partial charge in [0.25, 0.3) is 0 Å². The Morgan fingerprint density at radius 3 is 2.11 bits per heavy atom. The maximum Gasteiger partial charge on any atom is 0.336 e. The summed E-state index contributed by atoms with van der Waals surface area (Å²) < 4.78 is 23.1. The van der Waals surface area contributed by atoms with E-state index in [9.17, 15) is 9.59 Å². The van der Waals surface area contributed by atoms with Gasteiger partial charge in [0, 0.05) is 18.4 Å². The van der Waals surface area contributed by atoms with Gasteiger partial charge in [-0.2, -0.15) is 0 Å². The molecule has 2 aromatic rings. The molecule has 0 aliphatic heterocycles. The molecular weight excluding hydrogens is 496 g/mol. The number of hydrogen-bond acceptors (Lipinski definition) is 6. The molecule has 0 heterocycles. The molecule has 0 fully saturated rings. The molecule has 0 N–H and O–H groups in total. The van der Waals surface area contributed by atoms with E-state index in [1.165, 1.54) is 0 Å². The van der Waals surface area contributed by atoms with Crippen LogP contribution in [0.2, 0.25) is 18.1 Å². The van der Waals surface area contributed by atoms with Crippen LogP contribution in [-0.2, 0) is 36.7 Å². The van der Waals surface area contributed by atoms with Crippen LogP contribution >= 0.6 is 0 Å². The summed E-state index contributed by atoms with van der Waals surface area (Å²) in [6.45, 7) is 15.4. The van der Waals surface area contributed by atoms with Crippen molar-refractivity contribution in [2.24, 2.45) is 11.8 Å². The summed E-state index contributed by atoms with van der Waals surface area (Å²) in [5.74, 6) is -0.428. The highest BCUT2D eigenvalue weighted by Gasteiger charge is 2.37. The zero-order valence-corrected chi connectivity index (χ0v) is 25.2. The molecule has 7 heteroatoms. The van der Waals surface area contributed by atoms with E-state index >= 15 is 0 Å². The average molecular weight is 541 g/mol. The van der Waals surface area contributed by atoms with E-state index in [0.29, 0.717) is 6.61 Å². The number of ether oxygens (including phenoxy) is 3. The molecule has 0 unspecified atom stereocenters. The minimum absolute atomic E-state index is 0.0397. The number of rotatable bonds is 14. The maximum absolute atomic E-state index is 13.1. The number of carbonyl (C=O) groups excluding carboxylic acids is 2. The second-order valence-corrected chi connectivity index (χ2v) is 16.1. The molecule has 3 atom stereocenters. The molecule has 2 aromatic carbocycles. The van der Waals surface area contributed by atoms with Gasteiger partial charge in [0.05, 0.1) is 13.7 Å². The summed E-state index contributed by atoms with van der Waals surface area (Å²) in [4.78, 5) is 25.9. The quantitative estimate of drug-likeness (QED) is 0.150. The van der Waals surface area contributed by atoms with Crippen molar-refractivity contribution in [2.45, 2.75) is 72.1 Å². The molecule has 0 bridgehead atoms. The predicted molar refractivity (Wildman–Crippen MR) is 153 cm³/mol. The summed E-state index contributed by atoms with van der Waals surface area (Å²) in [7, 11) is -0.332. The van der Waals surface area contributed by atoms with E-state index in [4.69, 9.17) is 18.6 Å². The number of allylic oxidation sites excluding steroid dienone is 1. The average Bonchev–Trinajstić information content (AvgIpc) is 2.89. The van der Waals surface area contributed by atoms with E-state index in [1.54, 1.807) is 19.3 Å². The standard InChI is InChI=1S/C31H44O6Si/c1-23(14-19-28(32)24(2)20-37-38(7,8)31(3,4)5)29(30(33)36-22-25-12-10-9-11-13-25)35-21-26-15-17-27(34-6)18-16-26/h9-19,23-24,29H,20-22H2,1-8H3/b19-14+/t23-,24+,29-/m0/s1. The van der Waals surface area contributed by atoms with Crippen LogP contribution in [0.4, 0.5) is 0 Å². The molecule has 0 spiro atoms. The molecular formula is C31H44O6Si. The zero-order valence-electron chi connectivity index (χ0n) is 24.2. The number of methoxy groups -OCH3 is 1. The molecule has 0 radical (unpaired) electrons. The van der Waals surface area contributed by atoms with Gasteiger partial charge in [-0.15, -0.1) is 0 Å². The van der Waals surface area contributed by atoms with Crippen molar-refractivity contribution in [3.63, 3.8) is 0 Å². The number of benzene rings is 2. The van der Waals surface area contributed by atoms with Crippen LogP contribution in [0.15, 0.2) is 66.7 Å². The van der Waals surface area contributed by atoms with Crippen LogP contribution in [0.1, 0.15) is 45.7 Å². The predicted octanol–water partition coefficient (Wildman–Crippen LogP) is 6.74. The maximum atomic E-state index is 13.1. The highest BCUT2D eigenvalue weighted by Crippen LogP contribution is 2.36. The van der Waals surface area contributed by atoms with Crippen LogP contribution in [-0.4, -0.2) is 39.9 Å². The SMILES string of the molecule is COc1ccc(CO[C@H](C(=O)OCc2ccccc2)[C@@H](C)/C=C/C(=O)[C@H](C)CO[Si](C)(C)C(C)(C)C)cc1. The first-order chi connectivity index (χ1) is 17.8. The highest BCUT2D eigenvalue weighted by molar-refractivity contribution is 6.74. The topological polar surface area (TPSA) is 71.1 Å². The summed E-state index contributed by atoms with van der Waals surface area (Å²) in [5.41, 5.74) is 1.79. The van der Waals surface area contributed by atoms with Crippen molar-refractivity contribution in [3.8, 4) is 5.75 Å². The molecule has 0 aliphatic carbocycles. The van der Waals surface area contributed by atoms with Gasteiger partial charge in [0.1, 0.15) is 12.4 Å². The van der Waals surface area contributed by atoms with E-state index < -0.39 is 20.4 Å². The van der Waals surface area contributed by atoms with Crippen molar-refractivity contribution < 1.29 is 28.2 Å². The van der Waals surface area contributed by atoms with E-state index in [-0.39, 0.29) is 35.9 Å². The van der Waals surface area contributed by atoms with Gasteiger partial charge < -0.3 is 18.6 Å². The summed E-state index contributed by atoms with van der Waals surface area (Å²) in [6, 6.07) is 17.0. The molecule has 0 amide bonds. The first-order valence-electron chi connectivity index (χ1n) is 13.1. The van der Waals surface area contributed by atoms with Gasteiger partial charge in [-0.3, -0.25) is 4.79 Å². The van der Waals surface area contributed by atoms with Crippen molar-refractivity contribution in [1.29, 1.82) is 0 Å². The smallest absolute Gasteiger partial charge is 0.336 e. The molecule has 38 heavy (non-hydrogen) atoms. The van der Waals surface area contributed by atoms with Gasteiger partial charge in [-0.25, -0.2) is 4.79 Å². The summed E-state index contributed by atoms with van der Waals surface area (Å²) >= 11 is 0. The second kappa shape index (κ2) is 14.4. The lowest BCUT2D eigenvalue weighted by Gasteiger charge is -2.36. The number of hydrogen-bond donors (Lipinski definition) is 0. The third-order valence-electron chi connectivity index (χ3n) is 7.07. The first kappa shape index (κ1) is 31.5. The lowest BCUT2D eigenvalue weighted by molar-refractivity contribution is -0.162. The van der Waals surface area contributed by atoms with Gasteiger partial charge in [0.2, 0.25) is 0 Å². The van der Waals surface area contributed by atoms with Crippen LogP contribution in [0, 0.1) is 11.8 Å². The third-order valence-corrected chi connectivity index (χ3v) is 11.6. The van der Waals surface area contributed by atoms with E-state index in [0.717, 1.165) is 16.9 Å². The highest BCUT2D eigenvalue weighted by atomic mass is 28.4. The van der Waals surface area contributed by atoms with E-state index in [1.807, 2.05) is 68.4 Å². The molecule has 0 saturated heterocycles. The summed E-state index contributed by atoms with van der Waals surface area (Å²) in [6.07, 6.45) is 2.40. The Morgan fingerprint density at radius 1 is 0.921 bits per heavy atom. The van der Waals surface area contributed by atoms with Gasteiger partial charge >= 0.3 is 5.97 Å². The zero-order chi connectivity index (χ0) is 28.3. The fraction of sp³-hybridized carbons (Fsp3) is 0.484. The Bertz CT molecular complexity index is 1040. The van der Waals surface area contributed by atoms with Crippen molar-refractivity contribution in [3.05, 3.63) is 77.9 Å². The van der Waals surface area contributed by atoms with Crippen molar-refractivity contribution >= 4 is 20.1 Å². The first-order valence-corrected chi connectivity index (χ1v) is 16.1. The van der Waals surface area contributed by atoms with E-state index in [2.05, 4.69) is 33.9 Å². The minimum Gasteiger partial charge on any atom is -0.497 e. The number of carbonyl (C=O) groups is 2. The van der Waals surface area contributed by atoms with Gasteiger partial charge in [-0.05, 0) is 47.5 Å². The van der Waals surface area contributed by atoms with Crippen LogP contribution in [0.5, 0.6) is 5.75 Å². The van der Waals surface area contributed by atoms with Crippen molar-refractivity contribution in [2.75, 3.05) is 13.7 Å². The number of esters is 1. The van der Waals surface area contributed by atoms with Crippen LogP contribution < -0.4 is 4.74 Å². The Labute approximate surface area is 229 Å². The normalized spacial score (nSPS) is 14.6. The fourth-order valence-corrected chi connectivity index (χ4v) is 4.40. The molecule has 208 valence electrons. The Morgan fingerprint density at radius 2 is 1.53 bits per heavy atom. The molecule has 0 aromatic heterocycles. The number of ketones is 1. The fourth-order valence-electron chi connectivity index (χ4n) is 3.30. The monoisotopic (exact) mass is 540 g/mol. The molecule has 0 saturated carbocycles. The lowest BCUT2D eigenvalue weighted by Crippen LogP contribution is -2.42. The second-order valence-electron chi connectivity index (χ2n) is 11.3. The Hall–Kier alpha value is -2.74. The van der Waals surface area contributed by atoms with Crippen LogP contribution in [0.3, 0.4) is 0 Å².